The van der Waals surface area contributed by atoms with Gasteiger partial charge in [0.05, 0.1) is 5.52 Å². The molecule has 0 amide bonds. The molecule has 2 aromatic carbocycles. The van der Waals surface area contributed by atoms with Crippen molar-refractivity contribution in [1.82, 2.24) is 4.98 Å². The standard InChI is InChI=1S/C18H18N2O/c1-3-13-11-18(19-2)16-12-15(9-10-17(16)20-13)21-14-7-5-4-6-8-14/h4-12H,3H2,1-2H3,(H,19,20). The number of aryl methyl sites for hydroxylation is 1. The summed E-state index contributed by atoms with van der Waals surface area (Å²) in [6.45, 7) is 2.11. The number of pyridine rings is 1. The Kier molecular flexibility index (Phi) is 3.73. The van der Waals surface area contributed by atoms with Gasteiger partial charge in [0.1, 0.15) is 11.5 Å². The molecular weight excluding hydrogens is 260 g/mol. The molecule has 0 radical (unpaired) electrons. The summed E-state index contributed by atoms with van der Waals surface area (Å²) in [6.07, 6.45) is 0.923. The predicted molar refractivity (Wildman–Crippen MR) is 87.2 cm³/mol. The number of fused-ring (bicyclic) bond motifs is 1. The molecule has 0 aliphatic heterocycles. The Hall–Kier alpha value is -2.55. The molecule has 0 saturated heterocycles. The lowest BCUT2D eigenvalue weighted by Crippen LogP contribution is -1.96. The zero-order valence-corrected chi connectivity index (χ0v) is 12.3. The molecule has 3 rings (SSSR count). The highest BCUT2D eigenvalue weighted by atomic mass is 16.5. The van der Waals surface area contributed by atoms with Gasteiger partial charge in [0.25, 0.3) is 0 Å². The number of aromatic nitrogens is 1. The first-order valence-corrected chi connectivity index (χ1v) is 7.14. The SMILES string of the molecule is CCc1cc(NC)c2cc(Oc3ccccc3)ccc2n1. The van der Waals surface area contributed by atoms with Crippen LogP contribution in [0.5, 0.6) is 11.5 Å². The van der Waals surface area contributed by atoms with E-state index in [1.807, 2.05) is 55.6 Å². The third-order valence-corrected chi connectivity index (χ3v) is 3.44. The van der Waals surface area contributed by atoms with E-state index in [1.54, 1.807) is 0 Å². The third kappa shape index (κ3) is 2.82. The zero-order chi connectivity index (χ0) is 14.7. The minimum absolute atomic E-state index is 0.816. The Bertz CT molecular complexity index is 754. The summed E-state index contributed by atoms with van der Waals surface area (Å²) in [7, 11) is 1.93. The van der Waals surface area contributed by atoms with Crippen LogP contribution in [0.15, 0.2) is 54.6 Å². The van der Waals surface area contributed by atoms with Crippen molar-refractivity contribution in [3.05, 3.63) is 60.3 Å². The molecule has 0 fully saturated rings. The molecule has 0 bridgehead atoms. The third-order valence-electron chi connectivity index (χ3n) is 3.44. The van der Waals surface area contributed by atoms with Crippen LogP contribution < -0.4 is 10.1 Å². The van der Waals surface area contributed by atoms with Gasteiger partial charge in [0.15, 0.2) is 0 Å². The van der Waals surface area contributed by atoms with Crippen molar-refractivity contribution in [3.63, 3.8) is 0 Å². The van der Waals surface area contributed by atoms with Crippen LogP contribution in [0.4, 0.5) is 5.69 Å². The van der Waals surface area contributed by atoms with Crippen molar-refractivity contribution in [2.45, 2.75) is 13.3 Å². The highest BCUT2D eigenvalue weighted by Gasteiger charge is 2.06. The predicted octanol–water partition coefficient (Wildman–Crippen LogP) is 4.63. The van der Waals surface area contributed by atoms with E-state index in [0.29, 0.717) is 0 Å². The van der Waals surface area contributed by atoms with E-state index in [2.05, 4.69) is 23.3 Å². The molecule has 0 unspecified atom stereocenters. The highest BCUT2D eigenvalue weighted by molar-refractivity contribution is 5.92. The molecule has 3 aromatic rings. The van der Waals surface area contributed by atoms with E-state index in [9.17, 15) is 0 Å². The molecule has 3 heteroatoms. The quantitative estimate of drug-likeness (QED) is 0.755. The maximum Gasteiger partial charge on any atom is 0.128 e. The second-order valence-corrected chi connectivity index (χ2v) is 4.86. The lowest BCUT2D eigenvalue weighted by atomic mass is 10.1. The van der Waals surface area contributed by atoms with Gasteiger partial charge in [0.2, 0.25) is 0 Å². The normalized spacial score (nSPS) is 10.6. The van der Waals surface area contributed by atoms with Crippen LogP contribution in [0.3, 0.4) is 0 Å². The molecule has 1 heterocycles. The molecule has 21 heavy (non-hydrogen) atoms. The minimum atomic E-state index is 0.816. The Morgan fingerprint density at radius 3 is 2.52 bits per heavy atom. The van der Waals surface area contributed by atoms with Crippen LogP contribution in [0, 0.1) is 0 Å². The van der Waals surface area contributed by atoms with E-state index < -0.39 is 0 Å². The average Bonchev–Trinajstić information content (AvgIpc) is 2.54. The van der Waals surface area contributed by atoms with Crippen molar-refractivity contribution >= 4 is 16.6 Å². The number of para-hydroxylation sites is 1. The molecule has 0 spiro atoms. The summed E-state index contributed by atoms with van der Waals surface area (Å²) in [5.41, 5.74) is 3.15. The number of benzene rings is 2. The Balaban J connectivity index is 2.03. The zero-order valence-electron chi connectivity index (χ0n) is 12.3. The van der Waals surface area contributed by atoms with E-state index >= 15 is 0 Å². The molecule has 0 aliphatic carbocycles. The van der Waals surface area contributed by atoms with Gasteiger partial charge in [0, 0.05) is 23.8 Å². The maximum atomic E-state index is 5.89. The maximum absolute atomic E-state index is 5.89. The molecule has 0 saturated carbocycles. The first-order chi connectivity index (χ1) is 10.3. The Morgan fingerprint density at radius 1 is 1.00 bits per heavy atom. The van der Waals surface area contributed by atoms with E-state index in [-0.39, 0.29) is 0 Å². The molecule has 1 N–H and O–H groups in total. The van der Waals surface area contributed by atoms with Gasteiger partial charge >= 0.3 is 0 Å². The number of nitrogens with one attached hydrogen (secondary N) is 1. The van der Waals surface area contributed by atoms with Gasteiger partial charge in [-0.05, 0) is 42.8 Å². The van der Waals surface area contributed by atoms with Crippen LogP contribution in [0.1, 0.15) is 12.6 Å². The van der Waals surface area contributed by atoms with Crippen molar-refractivity contribution in [1.29, 1.82) is 0 Å². The summed E-state index contributed by atoms with van der Waals surface area (Å²) < 4.78 is 5.89. The lowest BCUT2D eigenvalue weighted by molar-refractivity contribution is 0.483. The van der Waals surface area contributed by atoms with Gasteiger partial charge in [-0.25, -0.2) is 0 Å². The molecule has 1 aromatic heterocycles. The van der Waals surface area contributed by atoms with Gasteiger partial charge in [-0.1, -0.05) is 25.1 Å². The molecule has 106 valence electrons. The highest BCUT2D eigenvalue weighted by Crippen LogP contribution is 2.29. The number of anilines is 1. The van der Waals surface area contributed by atoms with Crippen LogP contribution in [-0.4, -0.2) is 12.0 Å². The van der Waals surface area contributed by atoms with Crippen LogP contribution in [-0.2, 0) is 6.42 Å². The lowest BCUT2D eigenvalue weighted by Gasteiger charge is -2.11. The summed E-state index contributed by atoms with van der Waals surface area (Å²) in [4.78, 5) is 4.65. The van der Waals surface area contributed by atoms with Crippen LogP contribution in [0.2, 0.25) is 0 Å². The first kappa shape index (κ1) is 13.4. The number of rotatable bonds is 4. The summed E-state index contributed by atoms with van der Waals surface area (Å²) in [5.74, 6) is 1.65. The van der Waals surface area contributed by atoms with Crippen LogP contribution >= 0.6 is 0 Å². The molecule has 0 aliphatic rings. The summed E-state index contributed by atoms with van der Waals surface area (Å²) in [6, 6.07) is 17.9. The van der Waals surface area contributed by atoms with Crippen molar-refractivity contribution in [2.24, 2.45) is 0 Å². The van der Waals surface area contributed by atoms with Gasteiger partial charge < -0.3 is 10.1 Å². The monoisotopic (exact) mass is 278 g/mol. The average molecular weight is 278 g/mol. The van der Waals surface area contributed by atoms with Gasteiger partial charge in [-0.15, -0.1) is 0 Å². The number of ether oxygens (including phenoxy) is 1. The van der Waals surface area contributed by atoms with Crippen molar-refractivity contribution in [3.8, 4) is 11.5 Å². The fourth-order valence-electron chi connectivity index (χ4n) is 2.34. The second-order valence-electron chi connectivity index (χ2n) is 4.86. The summed E-state index contributed by atoms with van der Waals surface area (Å²) in [5, 5.41) is 4.31. The van der Waals surface area contributed by atoms with E-state index in [1.165, 1.54) is 0 Å². The second kappa shape index (κ2) is 5.83. The summed E-state index contributed by atoms with van der Waals surface area (Å²) >= 11 is 0. The van der Waals surface area contributed by atoms with E-state index in [4.69, 9.17) is 4.74 Å². The van der Waals surface area contributed by atoms with Crippen LogP contribution in [0.25, 0.3) is 10.9 Å². The fourth-order valence-corrected chi connectivity index (χ4v) is 2.34. The van der Waals surface area contributed by atoms with E-state index in [0.717, 1.165) is 40.2 Å². The van der Waals surface area contributed by atoms with Gasteiger partial charge in [-0.3, -0.25) is 4.98 Å². The largest absolute Gasteiger partial charge is 0.457 e. The first-order valence-electron chi connectivity index (χ1n) is 7.14. The molecule has 0 atom stereocenters. The molecule has 3 nitrogen and oxygen atoms in total. The van der Waals surface area contributed by atoms with Crippen molar-refractivity contribution in [2.75, 3.05) is 12.4 Å². The number of nitrogens with zero attached hydrogens (tertiary/aromatic N) is 1. The Labute approximate surface area is 124 Å². The van der Waals surface area contributed by atoms with Gasteiger partial charge in [-0.2, -0.15) is 0 Å². The molecular formula is C18H18N2O. The van der Waals surface area contributed by atoms with Crippen molar-refractivity contribution < 1.29 is 4.74 Å². The number of hydrogen-bond acceptors (Lipinski definition) is 3. The smallest absolute Gasteiger partial charge is 0.128 e. The Morgan fingerprint density at radius 2 is 1.81 bits per heavy atom. The topological polar surface area (TPSA) is 34.1 Å². The minimum Gasteiger partial charge on any atom is -0.457 e. The number of hydrogen-bond donors (Lipinski definition) is 1. The fraction of sp³-hybridized carbons (Fsp3) is 0.167.